The van der Waals surface area contributed by atoms with Crippen LogP contribution in [0.5, 0.6) is 0 Å². The number of aromatic nitrogens is 5. The molecule has 3 aromatic heterocycles. The highest BCUT2D eigenvalue weighted by atomic mass is 16.2. The average Bonchev–Trinajstić information content (AvgIpc) is 3.40. The van der Waals surface area contributed by atoms with Crippen molar-refractivity contribution >= 4 is 5.65 Å². The van der Waals surface area contributed by atoms with Crippen molar-refractivity contribution in [2.45, 2.75) is 18.8 Å². The molecule has 1 aliphatic rings. The zero-order chi connectivity index (χ0) is 17.9. The fourth-order valence-corrected chi connectivity index (χ4v) is 2.75. The number of nitrogens with zero attached hydrogens (tertiary/aromatic N) is 3. The van der Waals surface area contributed by atoms with E-state index < -0.39 is 11.2 Å². The van der Waals surface area contributed by atoms with Gasteiger partial charge < -0.3 is 4.98 Å². The Balaban J connectivity index is 0.000000240. The number of rotatable bonds is 2. The molecule has 3 heterocycles. The van der Waals surface area contributed by atoms with Gasteiger partial charge in [-0.2, -0.15) is 5.10 Å². The third kappa shape index (κ3) is 3.32. The number of benzene rings is 1. The molecule has 1 fully saturated rings. The van der Waals surface area contributed by atoms with E-state index in [1.54, 1.807) is 16.9 Å². The molecule has 0 saturated heterocycles. The van der Waals surface area contributed by atoms with E-state index in [-0.39, 0.29) is 0 Å². The fraction of sp³-hybridized carbons (Fsp3) is 0.158. The highest BCUT2D eigenvalue weighted by Gasteiger charge is 2.27. The van der Waals surface area contributed by atoms with Crippen LogP contribution in [0.25, 0.3) is 16.9 Å². The molecule has 0 spiro atoms. The first-order chi connectivity index (χ1) is 12.7. The third-order valence-corrected chi connectivity index (χ3v) is 4.17. The smallest absolute Gasteiger partial charge is 0.313 e. The first-order valence-corrected chi connectivity index (χ1v) is 8.39. The lowest BCUT2D eigenvalue weighted by Crippen LogP contribution is -2.23. The Morgan fingerprint density at radius 3 is 2.35 bits per heavy atom. The zero-order valence-electron chi connectivity index (χ0n) is 13.9. The minimum absolute atomic E-state index is 0.349. The van der Waals surface area contributed by atoms with Crippen molar-refractivity contribution in [1.82, 2.24) is 24.6 Å². The lowest BCUT2D eigenvalue weighted by Gasteiger charge is -2.05. The van der Waals surface area contributed by atoms with Gasteiger partial charge in [-0.3, -0.25) is 9.78 Å². The van der Waals surface area contributed by atoms with Crippen LogP contribution in [-0.4, -0.2) is 24.6 Å². The van der Waals surface area contributed by atoms with Gasteiger partial charge in [0.1, 0.15) is 0 Å². The summed E-state index contributed by atoms with van der Waals surface area (Å²) in [5.41, 5.74) is 1.85. The molecule has 0 atom stereocenters. The van der Waals surface area contributed by atoms with Crippen LogP contribution in [0.1, 0.15) is 24.3 Å². The van der Waals surface area contributed by atoms with E-state index in [1.807, 2.05) is 42.5 Å². The molecule has 0 bridgehead atoms. The van der Waals surface area contributed by atoms with Gasteiger partial charge >= 0.3 is 5.69 Å². The minimum atomic E-state index is -0.523. The molecular formula is C19H17N5O2. The zero-order valence-corrected chi connectivity index (χ0v) is 13.9. The van der Waals surface area contributed by atoms with Gasteiger partial charge in [0, 0.05) is 24.2 Å². The summed E-state index contributed by atoms with van der Waals surface area (Å²) < 4.78 is 1.67. The number of hydrogen-bond donors (Lipinski definition) is 2. The van der Waals surface area contributed by atoms with Crippen LogP contribution in [0.15, 0.2) is 70.6 Å². The number of fused-ring (bicyclic) bond motifs is 1. The topological polar surface area (TPSA) is 95.9 Å². The number of aromatic amines is 2. The Morgan fingerprint density at radius 2 is 1.73 bits per heavy atom. The molecule has 0 amide bonds. The lowest BCUT2D eigenvalue weighted by molar-refractivity contribution is 0.913. The number of H-pyrrole nitrogens is 2. The number of nitrogens with one attached hydrogen (secondary N) is 2. The molecule has 130 valence electrons. The summed E-state index contributed by atoms with van der Waals surface area (Å²) in [5, 5.41) is 4.38. The quantitative estimate of drug-likeness (QED) is 0.582. The monoisotopic (exact) mass is 347 g/mol. The van der Waals surface area contributed by atoms with E-state index >= 15 is 0 Å². The first kappa shape index (κ1) is 16.0. The second-order valence-electron chi connectivity index (χ2n) is 6.09. The van der Waals surface area contributed by atoms with Crippen molar-refractivity contribution in [2.75, 3.05) is 0 Å². The van der Waals surface area contributed by atoms with Crippen LogP contribution < -0.4 is 11.2 Å². The van der Waals surface area contributed by atoms with E-state index in [9.17, 15) is 9.59 Å². The Labute approximate surface area is 148 Å². The van der Waals surface area contributed by atoms with Gasteiger partial charge in [0.2, 0.25) is 0 Å². The van der Waals surface area contributed by atoms with Gasteiger partial charge in [-0.15, -0.1) is 0 Å². The molecule has 7 heteroatoms. The molecule has 1 aromatic carbocycles. The number of imidazole rings is 1. The van der Waals surface area contributed by atoms with Crippen molar-refractivity contribution < 1.29 is 0 Å². The van der Waals surface area contributed by atoms with Crippen molar-refractivity contribution in [1.29, 1.82) is 0 Å². The Kier molecular flexibility index (Phi) is 4.18. The average molecular weight is 347 g/mol. The summed E-state index contributed by atoms with van der Waals surface area (Å²) in [6, 6.07) is 13.9. The van der Waals surface area contributed by atoms with Gasteiger partial charge in [0.15, 0.2) is 5.65 Å². The van der Waals surface area contributed by atoms with Gasteiger partial charge in [-0.05, 0) is 24.8 Å². The molecule has 2 N–H and O–H groups in total. The van der Waals surface area contributed by atoms with Crippen LogP contribution in [0.4, 0.5) is 0 Å². The maximum atomic E-state index is 11.9. The van der Waals surface area contributed by atoms with Crippen molar-refractivity contribution in [3.8, 4) is 11.3 Å². The van der Waals surface area contributed by atoms with Crippen LogP contribution in [0.3, 0.4) is 0 Å². The van der Waals surface area contributed by atoms with Crippen molar-refractivity contribution in [3.63, 3.8) is 0 Å². The van der Waals surface area contributed by atoms with E-state index in [1.165, 1.54) is 6.20 Å². The van der Waals surface area contributed by atoms with E-state index in [2.05, 4.69) is 20.1 Å². The second kappa shape index (κ2) is 6.79. The molecule has 0 aliphatic heterocycles. The maximum absolute atomic E-state index is 11.9. The summed E-state index contributed by atoms with van der Waals surface area (Å²) in [6.45, 7) is 0. The second-order valence-corrected chi connectivity index (χ2v) is 6.09. The predicted octanol–water partition coefficient (Wildman–Crippen LogP) is 2.34. The standard InChI is InChI=1S/C13H11N5O2.C6H6/c19-12-9(6-15-13(20)16-12)10-5-8(7-1-2-7)11-14-3-4-18(11)17-10;1-2-4-6-5-3-1/h3-7H,1-2H2,(H2,15,16,19,20);1-6H. The van der Waals surface area contributed by atoms with Crippen molar-refractivity contribution in [3.05, 3.63) is 87.5 Å². The summed E-state index contributed by atoms with van der Waals surface area (Å²) in [5.74, 6) is 0.489. The van der Waals surface area contributed by atoms with Crippen LogP contribution in [0, 0.1) is 0 Å². The van der Waals surface area contributed by atoms with Crippen molar-refractivity contribution in [2.24, 2.45) is 0 Å². The molecule has 4 aromatic rings. The third-order valence-electron chi connectivity index (χ3n) is 4.17. The van der Waals surface area contributed by atoms with Gasteiger partial charge in [0.25, 0.3) is 5.56 Å². The van der Waals surface area contributed by atoms with E-state index in [4.69, 9.17) is 0 Å². The summed E-state index contributed by atoms with van der Waals surface area (Å²) in [4.78, 5) is 31.9. The van der Waals surface area contributed by atoms with E-state index in [0.29, 0.717) is 17.2 Å². The van der Waals surface area contributed by atoms with Gasteiger partial charge in [0.05, 0.1) is 11.3 Å². The normalized spacial score (nSPS) is 13.2. The molecule has 7 nitrogen and oxygen atoms in total. The molecule has 5 rings (SSSR count). The largest absolute Gasteiger partial charge is 0.325 e. The fourth-order valence-electron chi connectivity index (χ4n) is 2.75. The summed E-state index contributed by atoms with van der Waals surface area (Å²) >= 11 is 0. The van der Waals surface area contributed by atoms with Crippen LogP contribution >= 0.6 is 0 Å². The van der Waals surface area contributed by atoms with Crippen LogP contribution in [0.2, 0.25) is 0 Å². The summed E-state index contributed by atoms with van der Waals surface area (Å²) in [7, 11) is 0. The molecule has 0 radical (unpaired) electrons. The summed E-state index contributed by atoms with van der Waals surface area (Å²) in [6.07, 6.45) is 7.10. The Bertz CT molecular complexity index is 1110. The SMILES string of the molecule is O=c1[nH]cc(-c2cc(C3CC3)c3nccn3n2)c(=O)[nH]1.c1ccccc1. The lowest BCUT2D eigenvalue weighted by atomic mass is 10.1. The van der Waals surface area contributed by atoms with Gasteiger partial charge in [-0.25, -0.2) is 14.3 Å². The molecular weight excluding hydrogens is 330 g/mol. The Hall–Kier alpha value is -3.48. The van der Waals surface area contributed by atoms with Crippen LogP contribution in [-0.2, 0) is 0 Å². The molecule has 26 heavy (non-hydrogen) atoms. The van der Waals surface area contributed by atoms with Gasteiger partial charge in [-0.1, -0.05) is 36.4 Å². The molecule has 1 aliphatic carbocycles. The molecule has 1 saturated carbocycles. The van der Waals surface area contributed by atoms with E-state index in [0.717, 1.165) is 24.1 Å². The highest BCUT2D eigenvalue weighted by Crippen LogP contribution is 2.42. The highest BCUT2D eigenvalue weighted by molar-refractivity contribution is 5.62. The predicted molar refractivity (Wildman–Crippen MR) is 98.1 cm³/mol. The Morgan fingerprint density at radius 1 is 1.04 bits per heavy atom. The number of hydrogen-bond acceptors (Lipinski definition) is 4. The molecule has 0 unspecified atom stereocenters. The maximum Gasteiger partial charge on any atom is 0.325 e. The first-order valence-electron chi connectivity index (χ1n) is 8.39. The minimum Gasteiger partial charge on any atom is -0.313 e.